The number of rotatable bonds is 5. The molecule has 0 fully saturated rings. The Morgan fingerprint density at radius 1 is 1.00 bits per heavy atom. The van der Waals surface area contributed by atoms with Gasteiger partial charge in [0.1, 0.15) is 6.54 Å². The lowest BCUT2D eigenvalue weighted by Crippen LogP contribution is -2.36. The van der Waals surface area contributed by atoms with Gasteiger partial charge in [0.25, 0.3) is 10.0 Å². The van der Waals surface area contributed by atoms with Crippen LogP contribution in [0.25, 0.3) is 10.8 Å². The van der Waals surface area contributed by atoms with Gasteiger partial charge in [0.05, 0.1) is 17.7 Å². The van der Waals surface area contributed by atoms with Crippen molar-refractivity contribution in [1.82, 2.24) is 0 Å². The molecule has 0 aliphatic rings. The lowest BCUT2D eigenvalue weighted by atomic mass is 10.1. The van der Waals surface area contributed by atoms with Crippen molar-refractivity contribution in [2.45, 2.75) is 4.90 Å². The molecule has 3 aromatic carbocycles. The second-order valence-electron chi connectivity index (χ2n) is 5.55. The second kappa shape index (κ2) is 7.47. The Morgan fingerprint density at radius 3 is 2.35 bits per heavy atom. The fourth-order valence-corrected chi connectivity index (χ4v) is 4.67. The van der Waals surface area contributed by atoms with Gasteiger partial charge in [-0.2, -0.15) is 0 Å². The summed E-state index contributed by atoms with van der Waals surface area (Å²) in [4.78, 5) is 12.0. The van der Waals surface area contributed by atoms with Crippen molar-refractivity contribution in [1.29, 1.82) is 0 Å². The number of carbonyl (C=O) groups is 1. The smallest absolute Gasteiger partial charge is 0.326 e. The van der Waals surface area contributed by atoms with Gasteiger partial charge in [-0.1, -0.05) is 42.5 Å². The fourth-order valence-electron chi connectivity index (χ4n) is 2.59. The van der Waals surface area contributed by atoms with Gasteiger partial charge in [-0.15, -0.1) is 0 Å². The van der Waals surface area contributed by atoms with E-state index in [1.165, 1.54) is 7.11 Å². The number of carbonyl (C=O) groups excluding carboxylic acids is 1. The Bertz CT molecular complexity index is 1070. The van der Waals surface area contributed by atoms with Gasteiger partial charge in [-0.25, -0.2) is 8.42 Å². The monoisotopic (exact) mass is 433 g/mol. The predicted octanol–water partition coefficient (Wildman–Crippen LogP) is 3.97. The maximum absolute atomic E-state index is 13.3. The van der Waals surface area contributed by atoms with Crippen molar-refractivity contribution in [3.63, 3.8) is 0 Å². The summed E-state index contributed by atoms with van der Waals surface area (Å²) in [7, 11) is -2.75. The van der Waals surface area contributed by atoms with Crippen molar-refractivity contribution >= 4 is 48.4 Å². The van der Waals surface area contributed by atoms with Gasteiger partial charge in [0.2, 0.25) is 0 Å². The van der Waals surface area contributed by atoms with Gasteiger partial charge in [0, 0.05) is 4.47 Å². The van der Waals surface area contributed by atoms with Gasteiger partial charge in [-0.3, -0.25) is 9.10 Å². The van der Waals surface area contributed by atoms with Crippen molar-refractivity contribution in [2.75, 3.05) is 18.0 Å². The molecule has 0 aromatic heterocycles. The molecule has 0 aliphatic carbocycles. The minimum absolute atomic E-state index is 0.107. The number of ether oxygens (including phenoxy) is 1. The van der Waals surface area contributed by atoms with E-state index in [1.807, 2.05) is 24.3 Å². The van der Waals surface area contributed by atoms with Gasteiger partial charge < -0.3 is 4.74 Å². The maximum Gasteiger partial charge on any atom is 0.326 e. The van der Waals surface area contributed by atoms with E-state index in [1.54, 1.807) is 42.5 Å². The molecule has 0 saturated heterocycles. The Labute approximate surface area is 160 Å². The lowest BCUT2D eigenvalue weighted by Gasteiger charge is -2.24. The Hall–Kier alpha value is -2.38. The molecule has 0 unspecified atom stereocenters. The van der Waals surface area contributed by atoms with Crippen molar-refractivity contribution in [3.05, 3.63) is 71.2 Å². The summed E-state index contributed by atoms with van der Waals surface area (Å²) in [5.41, 5.74) is 0.367. The van der Waals surface area contributed by atoms with E-state index in [4.69, 9.17) is 0 Å². The number of sulfonamides is 1. The Balaban J connectivity index is 2.14. The van der Waals surface area contributed by atoms with Crippen LogP contribution in [0.4, 0.5) is 5.69 Å². The fraction of sp³-hybridized carbons (Fsp3) is 0.105. The van der Waals surface area contributed by atoms with Crippen LogP contribution in [0.3, 0.4) is 0 Å². The number of esters is 1. The van der Waals surface area contributed by atoms with Crippen LogP contribution in [0, 0.1) is 0 Å². The molecule has 0 bridgehead atoms. The maximum atomic E-state index is 13.3. The summed E-state index contributed by atoms with van der Waals surface area (Å²) < 4.78 is 32.8. The number of hydrogen-bond acceptors (Lipinski definition) is 4. The lowest BCUT2D eigenvalue weighted by molar-refractivity contribution is -0.138. The molecule has 0 spiro atoms. The summed E-state index contributed by atoms with van der Waals surface area (Å²) in [6.45, 7) is -0.422. The molecule has 0 heterocycles. The molecule has 134 valence electrons. The Morgan fingerprint density at radius 2 is 1.65 bits per heavy atom. The highest BCUT2D eigenvalue weighted by atomic mass is 79.9. The first-order valence-electron chi connectivity index (χ1n) is 7.76. The molecule has 3 aromatic rings. The van der Waals surface area contributed by atoms with Gasteiger partial charge >= 0.3 is 5.97 Å². The van der Waals surface area contributed by atoms with Crippen LogP contribution in [0.15, 0.2) is 76.1 Å². The number of fused-ring (bicyclic) bond motifs is 1. The van der Waals surface area contributed by atoms with E-state index in [0.717, 1.165) is 15.1 Å². The number of benzene rings is 3. The van der Waals surface area contributed by atoms with Gasteiger partial charge in [0.15, 0.2) is 0 Å². The summed E-state index contributed by atoms with van der Waals surface area (Å²) in [6.07, 6.45) is 0. The molecule has 0 amide bonds. The largest absolute Gasteiger partial charge is 0.468 e. The summed E-state index contributed by atoms with van der Waals surface area (Å²) in [6, 6.07) is 19.2. The van der Waals surface area contributed by atoms with Crippen molar-refractivity contribution in [2.24, 2.45) is 0 Å². The van der Waals surface area contributed by atoms with Crippen LogP contribution in [0.1, 0.15) is 0 Å². The van der Waals surface area contributed by atoms with Crippen LogP contribution in [-0.2, 0) is 19.6 Å². The molecule has 3 rings (SSSR count). The van der Waals surface area contributed by atoms with Crippen LogP contribution in [-0.4, -0.2) is 28.0 Å². The first kappa shape index (κ1) is 18.4. The first-order chi connectivity index (χ1) is 12.4. The first-order valence-corrected chi connectivity index (χ1v) is 9.99. The van der Waals surface area contributed by atoms with E-state index in [-0.39, 0.29) is 4.90 Å². The minimum Gasteiger partial charge on any atom is -0.468 e. The molecular weight excluding hydrogens is 418 g/mol. The number of para-hydroxylation sites is 1. The number of halogens is 1. The summed E-state index contributed by atoms with van der Waals surface area (Å²) >= 11 is 3.36. The third-order valence-electron chi connectivity index (χ3n) is 3.93. The van der Waals surface area contributed by atoms with E-state index in [2.05, 4.69) is 20.7 Å². The van der Waals surface area contributed by atoms with Crippen LogP contribution >= 0.6 is 15.9 Å². The topological polar surface area (TPSA) is 63.7 Å². The van der Waals surface area contributed by atoms with Crippen molar-refractivity contribution in [3.8, 4) is 0 Å². The summed E-state index contributed by atoms with van der Waals surface area (Å²) in [5, 5.41) is 1.74. The number of hydrogen-bond donors (Lipinski definition) is 0. The van der Waals surface area contributed by atoms with Gasteiger partial charge in [-0.05, 0) is 51.0 Å². The molecule has 0 radical (unpaired) electrons. The zero-order valence-corrected chi connectivity index (χ0v) is 16.3. The average molecular weight is 434 g/mol. The SMILES string of the molecule is COC(=O)CN(c1ccccc1Br)S(=O)(=O)c1ccc2ccccc2c1. The average Bonchev–Trinajstić information content (AvgIpc) is 2.66. The van der Waals surface area contributed by atoms with E-state index in [0.29, 0.717) is 10.2 Å². The van der Waals surface area contributed by atoms with E-state index < -0.39 is 22.5 Å². The highest BCUT2D eigenvalue weighted by Gasteiger charge is 2.29. The summed E-state index contributed by atoms with van der Waals surface area (Å²) in [5.74, 6) is -0.648. The zero-order chi connectivity index (χ0) is 18.7. The molecule has 0 N–H and O–H groups in total. The normalized spacial score (nSPS) is 11.3. The van der Waals surface area contributed by atoms with Crippen molar-refractivity contribution < 1.29 is 17.9 Å². The third-order valence-corrected chi connectivity index (χ3v) is 6.36. The minimum atomic E-state index is -3.97. The van der Waals surface area contributed by atoms with E-state index in [9.17, 15) is 13.2 Å². The van der Waals surface area contributed by atoms with E-state index >= 15 is 0 Å². The molecular formula is C19H16BrNO4S. The number of methoxy groups -OCH3 is 1. The number of nitrogens with zero attached hydrogens (tertiary/aromatic N) is 1. The third kappa shape index (κ3) is 3.59. The molecule has 0 atom stereocenters. The molecule has 5 nitrogen and oxygen atoms in total. The molecule has 0 saturated carbocycles. The molecule has 0 aliphatic heterocycles. The predicted molar refractivity (Wildman–Crippen MR) is 105 cm³/mol. The number of anilines is 1. The quantitative estimate of drug-likeness (QED) is 0.571. The molecule has 26 heavy (non-hydrogen) atoms. The van der Waals surface area contributed by atoms with Crippen LogP contribution in [0.5, 0.6) is 0 Å². The van der Waals surface area contributed by atoms with Crippen LogP contribution in [0.2, 0.25) is 0 Å². The standard InChI is InChI=1S/C19H16BrNO4S/c1-25-19(22)13-21(18-9-5-4-8-17(18)20)26(23,24)16-11-10-14-6-2-3-7-15(14)12-16/h2-12H,13H2,1H3. The van der Waals surface area contributed by atoms with Crippen LogP contribution < -0.4 is 4.31 Å². The highest BCUT2D eigenvalue weighted by molar-refractivity contribution is 9.10. The highest BCUT2D eigenvalue weighted by Crippen LogP contribution is 2.31. The Kier molecular flexibility index (Phi) is 5.29. The second-order valence-corrected chi connectivity index (χ2v) is 8.26. The zero-order valence-electron chi connectivity index (χ0n) is 13.9. The molecule has 7 heteroatoms.